The summed E-state index contributed by atoms with van der Waals surface area (Å²) in [6.07, 6.45) is 0.932. The summed E-state index contributed by atoms with van der Waals surface area (Å²) < 4.78 is 10.6. The molecule has 2 N–H and O–H groups in total. The van der Waals surface area contributed by atoms with Gasteiger partial charge in [0.05, 0.1) is 0 Å². The number of rotatable bonds is 3. The molecule has 0 saturated carbocycles. The minimum absolute atomic E-state index is 0.119. The molecule has 0 spiro atoms. The smallest absolute Gasteiger partial charge is 0.256 e. The third-order valence-electron chi connectivity index (χ3n) is 3.50. The van der Waals surface area contributed by atoms with E-state index in [1.54, 1.807) is 0 Å². The Balaban J connectivity index is 1.90. The Labute approximate surface area is 117 Å². The quantitative estimate of drug-likeness (QED) is 0.867. The Kier molecular flexibility index (Phi) is 3.00. The number of carbonyl (C=O) groups is 1. The van der Waals surface area contributed by atoms with Crippen molar-refractivity contribution >= 4 is 11.9 Å². The molecule has 2 aliphatic heterocycles. The molecule has 1 atom stereocenters. The Morgan fingerprint density at radius 1 is 1.35 bits per heavy atom. The van der Waals surface area contributed by atoms with E-state index in [9.17, 15) is 4.79 Å². The van der Waals surface area contributed by atoms with E-state index in [1.165, 1.54) is 0 Å². The number of amides is 1. The van der Waals surface area contributed by atoms with Gasteiger partial charge in [0.1, 0.15) is 5.54 Å². The number of nitrogens with one attached hydrogen (secondary N) is 2. The molecule has 0 radical (unpaired) electrons. The van der Waals surface area contributed by atoms with Crippen LogP contribution in [-0.2, 0) is 10.3 Å². The van der Waals surface area contributed by atoms with Crippen molar-refractivity contribution in [3.63, 3.8) is 0 Å². The van der Waals surface area contributed by atoms with Gasteiger partial charge in [0.2, 0.25) is 6.79 Å². The second-order valence-corrected chi connectivity index (χ2v) is 5.00. The van der Waals surface area contributed by atoms with Gasteiger partial charge in [0.15, 0.2) is 17.5 Å². The van der Waals surface area contributed by atoms with Crippen molar-refractivity contribution in [2.45, 2.75) is 25.8 Å². The molecule has 1 aromatic carbocycles. The number of hydrogen-bond acceptors (Lipinski definition) is 4. The molecular weight excluding hydrogens is 258 g/mol. The van der Waals surface area contributed by atoms with Gasteiger partial charge in [-0.25, -0.2) is 0 Å². The average molecular weight is 275 g/mol. The van der Waals surface area contributed by atoms with E-state index in [2.05, 4.69) is 15.6 Å². The van der Waals surface area contributed by atoms with Gasteiger partial charge in [-0.1, -0.05) is 13.0 Å². The van der Waals surface area contributed by atoms with Gasteiger partial charge in [0, 0.05) is 6.54 Å². The topological polar surface area (TPSA) is 72.0 Å². The summed E-state index contributed by atoms with van der Waals surface area (Å²) in [7, 11) is 0. The third kappa shape index (κ3) is 1.97. The molecule has 20 heavy (non-hydrogen) atoms. The van der Waals surface area contributed by atoms with Crippen molar-refractivity contribution in [2.24, 2.45) is 4.99 Å². The van der Waals surface area contributed by atoms with Crippen LogP contribution in [0.25, 0.3) is 0 Å². The highest BCUT2D eigenvalue weighted by Crippen LogP contribution is 2.36. The lowest BCUT2D eigenvalue weighted by Crippen LogP contribution is -2.40. The van der Waals surface area contributed by atoms with Crippen LogP contribution in [0.2, 0.25) is 0 Å². The van der Waals surface area contributed by atoms with E-state index in [4.69, 9.17) is 9.47 Å². The van der Waals surface area contributed by atoms with Crippen molar-refractivity contribution in [3.8, 4) is 11.5 Å². The summed E-state index contributed by atoms with van der Waals surface area (Å²) in [5.41, 5.74) is -0.0194. The van der Waals surface area contributed by atoms with Crippen LogP contribution in [0.1, 0.15) is 25.8 Å². The third-order valence-corrected chi connectivity index (χ3v) is 3.50. The predicted molar refractivity (Wildman–Crippen MR) is 73.8 cm³/mol. The lowest BCUT2D eigenvalue weighted by Gasteiger charge is -2.21. The van der Waals surface area contributed by atoms with Crippen molar-refractivity contribution in [1.82, 2.24) is 10.6 Å². The molecule has 106 valence electrons. The average Bonchev–Trinajstić information content (AvgIpc) is 3.01. The van der Waals surface area contributed by atoms with Gasteiger partial charge in [0.25, 0.3) is 5.91 Å². The number of benzene rings is 1. The van der Waals surface area contributed by atoms with Gasteiger partial charge >= 0.3 is 0 Å². The summed E-state index contributed by atoms with van der Waals surface area (Å²) in [5.74, 6) is 1.77. The van der Waals surface area contributed by atoms with Gasteiger partial charge in [-0.3, -0.25) is 15.1 Å². The van der Waals surface area contributed by atoms with E-state index in [-0.39, 0.29) is 12.7 Å². The SMILES string of the molecule is CCCN=C1NC(=O)C(C)(c2ccc3c(c2)OCO3)N1. The normalized spacial score (nSPS) is 25.7. The van der Waals surface area contributed by atoms with E-state index in [0.29, 0.717) is 24.0 Å². The van der Waals surface area contributed by atoms with E-state index >= 15 is 0 Å². The van der Waals surface area contributed by atoms with Crippen LogP contribution < -0.4 is 20.1 Å². The number of fused-ring (bicyclic) bond motifs is 1. The Bertz CT molecular complexity index is 585. The first kappa shape index (κ1) is 12.8. The number of carbonyl (C=O) groups excluding carboxylic acids is 1. The van der Waals surface area contributed by atoms with Crippen LogP contribution in [0.5, 0.6) is 11.5 Å². The number of guanidine groups is 1. The molecule has 2 aliphatic rings. The Morgan fingerprint density at radius 2 is 2.15 bits per heavy atom. The first-order chi connectivity index (χ1) is 9.63. The molecule has 6 nitrogen and oxygen atoms in total. The predicted octanol–water partition coefficient (Wildman–Crippen LogP) is 1.12. The van der Waals surface area contributed by atoms with Crippen LogP contribution in [0.4, 0.5) is 0 Å². The molecule has 0 bridgehead atoms. The summed E-state index contributed by atoms with van der Waals surface area (Å²) in [6, 6.07) is 5.51. The van der Waals surface area contributed by atoms with Crippen LogP contribution in [0.3, 0.4) is 0 Å². The molecule has 2 heterocycles. The molecule has 3 rings (SSSR count). The number of nitrogens with zero attached hydrogens (tertiary/aromatic N) is 1. The van der Waals surface area contributed by atoms with Crippen molar-refractivity contribution in [1.29, 1.82) is 0 Å². The van der Waals surface area contributed by atoms with E-state index < -0.39 is 5.54 Å². The van der Waals surface area contributed by atoms with Crippen LogP contribution in [0.15, 0.2) is 23.2 Å². The van der Waals surface area contributed by atoms with Crippen molar-refractivity contribution in [3.05, 3.63) is 23.8 Å². The maximum absolute atomic E-state index is 12.2. The van der Waals surface area contributed by atoms with E-state index in [1.807, 2.05) is 32.0 Å². The van der Waals surface area contributed by atoms with Crippen molar-refractivity contribution in [2.75, 3.05) is 13.3 Å². The molecule has 1 amide bonds. The minimum Gasteiger partial charge on any atom is -0.454 e. The highest BCUT2D eigenvalue weighted by atomic mass is 16.7. The molecule has 0 aliphatic carbocycles. The van der Waals surface area contributed by atoms with E-state index in [0.717, 1.165) is 12.0 Å². The second-order valence-electron chi connectivity index (χ2n) is 5.00. The summed E-state index contributed by atoms with van der Waals surface area (Å²) in [4.78, 5) is 16.5. The fourth-order valence-corrected chi connectivity index (χ4v) is 2.27. The molecule has 1 aromatic rings. The molecular formula is C14H17N3O3. The lowest BCUT2D eigenvalue weighted by atomic mass is 9.92. The fourth-order valence-electron chi connectivity index (χ4n) is 2.27. The molecule has 1 unspecified atom stereocenters. The minimum atomic E-state index is -0.840. The summed E-state index contributed by atoms with van der Waals surface area (Å²) >= 11 is 0. The Morgan fingerprint density at radius 3 is 2.95 bits per heavy atom. The largest absolute Gasteiger partial charge is 0.454 e. The first-order valence-electron chi connectivity index (χ1n) is 6.67. The standard InChI is InChI=1S/C14H17N3O3/c1-3-6-15-13-16-12(18)14(2,17-13)9-4-5-10-11(7-9)20-8-19-10/h4-5,7H,3,6,8H2,1-2H3,(H2,15,16,17,18). The number of aliphatic imine (C=N–C) groups is 1. The van der Waals surface area contributed by atoms with Crippen LogP contribution in [0, 0.1) is 0 Å². The van der Waals surface area contributed by atoms with Crippen LogP contribution >= 0.6 is 0 Å². The lowest BCUT2D eigenvalue weighted by molar-refractivity contribution is -0.123. The monoisotopic (exact) mass is 275 g/mol. The second kappa shape index (κ2) is 4.70. The highest BCUT2D eigenvalue weighted by molar-refractivity contribution is 6.09. The number of ether oxygens (including phenoxy) is 2. The van der Waals surface area contributed by atoms with Crippen LogP contribution in [-0.4, -0.2) is 25.2 Å². The summed E-state index contributed by atoms with van der Waals surface area (Å²) in [6.45, 7) is 4.77. The summed E-state index contributed by atoms with van der Waals surface area (Å²) in [5, 5.41) is 5.93. The molecule has 0 aromatic heterocycles. The maximum Gasteiger partial charge on any atom is 0.256 e. The maximum atomic E-state index is 12.2. The molecule has 1 saturated heterocycles. The zero-order chi connectivity index (χ0) is 14.2. The van der Waals surface area contributed by atoms with Gasteiger partial charge in [-0.15, -0.1) is 0 Å². The molecule has 1 fully saturated rings. The zero-order valence-electron chi connectivity index (χ0n) is 11.5. The Hall–Kier alpha value is -2.24. The fraction of sp³-hybridized carbons (Fsp3) is 0.429. The first-order valence-corrected chi connectivity index (χ1v) is 6.67. The highest BCUT2D eigenvalue weighted by Gasteiger charge is 2.42. The molecule has 6 heteroatoms. The van der Waals surface area contributed by atoms with Gasteiger partial charge in [-0.05, 0) is 31.0 Å². The number of hydrogen-bond donors (Lipinski definition) is 2. The van der Waals surface area contributed by atoms with Crippen molar-refractivity contribution < 1.29 is 14.3 Å². The van der Waals surface area contributed by atoms with Gasteiger partial charge in [-0.2, -0.15) is 0 Å². The zero-order valence-corrected chi connectivity index (χ0v) is 11.5. The van der Waals surface area contributed by atoms with Gasteiger partial charge < -0.3 is 14.8 Å².